The van der Waals surface area contributed by atoms with Crippen LogP contribution < -0.4 is 5.32 Å². The first-order chi connectivity index (χ1) is 8.70. The number of halogens is 2. The summed E-state index contributed by atoms with van der Waals surface area (Å²) in [5, 5.41) is 3.55. The summed E-state index contributed by atoms with van der Waals surface area (Å²) < 4.78 is 27.1. The van der Waals surface area contributed by atoms with Crippen LogP contribution in [0.4, 0.5) is 14.6 Å². The number of hydrogen-bond acceptors (Lipinski definition) is 3. The maximum absolute atomic E-state index is 13.7. The van der Waals surface area contributed by atoms with E-state index >= 15 is 0 Å². The summed E-state index contributed by atoms with van der Waals surface area (Å²) in [7, 11) is 0. The highest BCUT2D eigenvalue weighted by Crippen LogP contribution is 2.34. The SMILES string of the molecule is CCNc1nc(SC2CCCCC2)c(F)cc1F. The maximum Gasteiger partial charge on any atom is 0.168 e. The van der Waals surface area contributed by atoms with Crippen molar-refractivity contribution in [3.05, 3.63) is 17.7 Å². The van der Waals surface area contributed by atoms with Crippen LogP contribution in [-0.2, 0) is 0 Å². The van der Waals surface area contributed by atoms with Crippen molar-refractivity contribution in [3.63, 3.8) is 0 Å². The second-order valence-corrected chi connectivity index (χ2v) is 5.80. The molecule has 1 aromatic rings. The Labute approximate surface area is 111 Å². The number of nitrogens with one attached hydrogen (secondary N) is 1. The van der Waals surface area contributed by atoms with Crippen molar-refractivity contribution in [2.45, 2.75) is 49.3 Å². The molecule has 0 radical (unpaired) electrons. The minimum absolute atomic E-state index is 0.150. The van der Waals surface area contributed by atoms with Crippen molar-refractivity contribution in [2.24, 2.45) is 0 Å². The number of rotatable bonds is 4. The third-order valence-corrected chi connectivity index (χ3v) is 4.39. The monoisotopic (exact) mass is 272 g/mol. The second kappa shape index (κ2) is 6.36. The minimum Gasteiger partial charge on any atom is -0.368 e. The molecule has 0 aliphatic heterocycles. The van der Waals surface area contributed by atoms with Crippen molar-refractivity contribution >= 4 is 17.6 Å². The molecule has 2 rings (SSSR count). The molecule has 1 heterocycles. The number of aromatic nitrogens is 1. The molecule has 1 N–H and O–H groups in total. The Hall–Kier alpha value is -0.840. The van der Waals surface area contributed by atoms with Crippen molar-refractivity contribution in [1.82, 2.24) is 4.98 Å². The van der Waals surface area contributed by atoms with Gasteiger partial charge >= 0.3 is 0 Å². The minimum atomic E-state index is -0.623. The summed E-state index contributed by atoms with van der Waals surface area (Å²) >= 11 is 1.45. The molecule has 1 aliphatic carbocycles. The van der Waals surface area contributed by atoms with Gasteiger partial charge in [-0.3, -0.25) is 0 Å². The summed E-state index contributed by atoms with van der Waals surface area (Å²) in [5.41, 5.74) is 0. The topological polar surface area (TPSA) is 24.9 Å². The van der Waals surface area contributed by atoms with Gasteiger partial charge < -0.3 is 5.32 Å². The van der Waals surface area contributed by atoms with Crippen LogP contribution in [0, 0.1) is 11.6 Å². The van der Waals surface area contributed by atoms with Gasteiger partial charge in [0, 0.05) is 17.9 Å². The number of hydrogen-bond donors (Lipinski definition) is 1. The maximum atomic E-state index is 13.7. The van der Waals surface area contributed by atoms with E-state index in [4.69, 9.17) is 0 Å². The zero-order chi connectivity index (χ0) is 13.0. The molecule has 1 fully saturated rings. The van der Waals surface area contributed by atoms with E-state index < -0.39 is 11.6 Å². The summed E-state index contributed by atoms with van der Waals surface area (Å²) in [6.45, 7) is 2.43. The van der Waals surface area contributed by atoms with Crippen LogP contribution in [0.15, 0.2) is 11.1 Å². The lowest BCUT2D eigenvalue weighted by molar-refractivity contribution is 0.512. The Morgan fingerprint density at radius 3 is 2.67 bits per heavy atom. The Balaban J connectivity index is 2.12. The van der Waals surface area contributed by atoms with E-state index in [0.29, 0.717) is 16.8 Å². The van der Waals surface area contributed by atoms with Crippen LogP contribution in [0.2, 0.25) is 0 Å². The Morgan fingerprint density at radius 2 is 2.00 bits per heavy atom. The van der Waals surface area contributed by atoms with E-state index in [1.165, 1.54) is 31.0 Å². The molecular formula is C13H18F2N2S. The summed E-state index contributed by atoms with van der Waals surface area (Å²) in [4.78, 5) is 4.06. The Bertz CT molecular complexity index is 406. The van der Waals surface area contributed by atoms with Gasteiger partial charge in [-0.1, -0.05) is 31.0 Å². The molecule has 0 unspecified atom stereocenters. The van der Waals surface area contributed by atoms with Gasteiger partial charge in [0.1, 0.15) is 5.03 Å². The average molecular weight is 272 g/mol. The van der Waals surface area contributed by atoms with Crippen LogP contribution in [0.25, 0.3) is 0 Å². The number of thioether (sulfide) groups is 1. The molecule has 0 atom stereocenters. The smallest absolute Gasteiger partial charge is 0.168 e. The zero-order valence-corrected chi connectivity index (χ0v) is 11.3. The molecule has 18 heavy (non-hydrogen) atoms. The van der Waals surface area contributed by atoms with Gasteiger partial charge in [-0.15, -0.1) is 0 Å². The lowest BCUT2D eigenvalue weighted by Crippen LogP contribution is -2.10. The molecule has 0 spiro atoms. The molecule has 2 nitrogen and oxygen atoms in total. The lowest BCUT2D eigenvalue weighted by Gasteiger charge is -2.20. The van der Waals surface area contributed by atoms with Gasteiger partial charge in [-0.05, 0) is 19.8 Å². The molecule has 100 valence electrons. The van der Waals surface area contributed by atoms with Gasteiger partial charge in [0.25, 0.3) is 0 Å². The van der Waals surface area contributed by atoms with Gasteiger partial charge in [0.2, 0.25) is 0 Å². The fourth-order valence-electron chi connectivity index (χ4n) is 2.16. The molecule has 0 amide bonds. The van der Waals surface area contributed by atoms with Gasteiger partial charge in [-0.25, -0.2) is 13.8 Å². The quantitative estimate of drug-likeness (QED) is 0.888. The van der Waals surface area contributed by atoms with Crippen molar-refractivity contribution in [3.8, 4) is 0 Å². The van der Waals surface area contributed by atoms with Crippen molar-refractivity contribution in [2.75, 3.05) is 11.9 Å². The van der Waals surface area contributed by atoms with E-state index in [1.807, 2.05) is 6.92 Å². The highest BCUT2D eigenvalue weighted by Gasteiger charge is 2.19. The zero-order valence-electron chi connectivity index (χ0n) is 10.5. The fourth-order valence-corrected chi connectivity index (χ4v) is 3.36. The Morgan fingerprint density at radius 1 is 1.28 bits per heavy atom. The molecule has 1 saturated carbocycles. The van der Waals surface area contributed by atoms with E-state index in [1.54, 1.807) is 0 Å². The second-order valence-electron chi connectivity index (χ2n) is 4.51. The number of pyridine rings is 1. The van der Waals surface area contributed by atoms with Crippen LogP contribution >= 0.6 is 11.8 Å². The summed E-state index contributed by atoms with van der Waals surface area (Å²) in [5.74, 6) is -1.02. The van der Waals surface area contributed by atoms with Crippen LogP contribution in [-0.4, -0.2) is 16.8 Å². The highest BCUT2D eigenvalue weighted by atomic mass is 32.2. The Kier molecular flexibility index (Phi) is 4.80. The highest BCUT2D eigenvalue weighted by molar-refractivity contribution is 7.99. The predicted octanol–water partition coefficient (Wildman–Crippen LogP) is 4.22. The normalized spacial score (nSPS) is 16.8. The predicted molar refractivity (Wildman–Crippen MR) is 71.0 cm³/mol. The van der Waals surface area contributed by atoms with E-state index in [-0.39, 0.29) is 5.82 Å². The molecule has 0 bridgehead atoms. The van der Waals surface area contributed by atoms with Crippen LogP contribution in [0.5, 0.6) is 0 Å². The molecule has 0 aromatic carbocycles. The van der Waals surface area contributed by atoms with Gasteiger partial charge in [-0.2, -0.15) is 0 Å². The van der Waals surface area contributed by atoms with E-state index in [2.05, 4.69) is 10.3 Å². The van der Waals surface area contributed by atoms with Gasteiger partial charge in [0.15, 0.2) is 17.5 Å². The number of nitrogens with zero attached hydrogens (tertiary/aromatic N) is 1. The number of anilines is 1. The average Bonchev–Trinajstić information content (AvgIpc) is 2.37. The standard InChI is InChI=1S/C13H18F2N2S/c1-2-16-12-10(14)8-11(15)13(17-12)18-9-6-4-3-5-7-9/h8-9H,2-7H2,1H3,(H,16,17). The summed E-state index contributed by atoms with van der Waals surface area (Å²) in [6, 6.07) is 0.927. The van der Waals surface area contributed by atoms with Crippen molar-refractivity contribution in [1.29, 1.82) is 0 Å². The first-order valence-electron chi connectivity index (χ1n) is 6.47. The van der Waals surface area contributed by atoms with Crippen molar-refractivity contribution < 1.29 is 8.78 Å². The van der Waals surface area contributed by atoms with Gasteiger partial charge in [0.05, 0.1) is 0 Å². The molecule has 1 aliphatic rings. The molecular weight excluding hydrogens is 254 g/mol. The molecule has 1 aromatic heterocycles. The fraction of sp³-hybridized carbons (Fsp3) is 0.615. The summed E-state index contributed by atoms with van der Waals surface area (Å²) in [6.07, 6.45) is 5.85. The third-order valence-electron chi connectivity index (χ3n) is 3.07. The molecule has 5 heteroatoms. The molecule has 0 saturated heterocycles. The van der Waals surface area contributed by atoms with Crippen LogP contribution in [0.3, 0.4) is 0 Å². The van der Waals surface area contributed by atoms with E-state index in [9.17, 15) is 8.78 Å². The first-order valence-corrected chi connectivity index (χ1v) is 7.35. The first kappa shape index (κ1) is 13.6. The largest absolute Gasteiger partial charge is 0.368 e. The third kappa shape index (κ3) is 3.34. The lowest BCUT2D eigenvalue weighted by atomic mass is 10.0. The van der Waals surface area contributed by atoms with E-state index in [0.717, 1.165) is 18.9 Å². The van der Waals surface area contributed by atoms with Crippen LogP contribution in [0.1, 0.15) is 39.0 Å².